The van der Waals surface area contributed by atoms with Crippen molar-refractivity contribution in [3.63, 3.8) is 0 Å². The Kier molecular flexibility index (Phi) is 4.99. The molecule has 7 heteroatoms. The summed E-state index contributed by atoms with van der Waals surface area (Å²) in [5, 5.41) is 6.98. The second kappa shape index (κ2) is 7.74. The predicted molar refractivity (Wildman–Crippen MR) is 118 cm³/mol. The largest absolute Gasteiger partial charge is 0.397 e. The van der Waals surface area contributed by atoms with Crippen LogP contribution in [0.5, 0.6) is 0 Å². The van der Waals surface area contributed by atoms with E-state index in [2.05, 4.69) is 15.6 Å². The predicted octanol–water partition coefficient (Wildman–Crippen LogP) is 3.54. The lowest BCUT2D eigenvalue weighted by molar-refractivity contribution is 0.102. The molecule has 28 heavy (non-hydrogen) atoms. The second-order valence-corrected chi connectivity index (χ2v) is 7.37. The number of hydrogen-bond donors (Lipinski definition) is 3. The standard InChI is InChI=1S/C21H17BN4OS/c22-15-9-10-19-18(11-15)26-21(28-19)24-12-13-5-7-14(8-6-13)20(27)25-17-4-2-1-3-16(17)23/h1-11H,12,23H2,(H,24,26)(H,25,27). The Hall–Kier alpha value is -3.32. The van der Waals surface area contributed by atoms with E-state index in [1.165, 1.54) is 0 Å². The Labute approximate surface area is 168 Å². The summed E-state index contributed by atoms with van der Waals surface area (Å²) in [7, 11) is 5.80. The zero-order valence-corrected chi connectivity index (χ0v) is 15.8. The highest BCUT2D eigenvalue weighted by atomic mass is 32.1. The Morgan fingerprint density at radius 1 is 1.07 bits per heavy atom. The number of carbonyl (C=O) groups is 1. The molecule has 1 aromatic heterocycles. The summed E-state index contributed by atoms with van der Waals surface area (Å²) in [6.45, 7) is 0.614. The minimum Gasteiger partial charge on any atom is -0.397 e. The Bertz CT molecular complexity index is 1140. The third-order valence-corrected chi connectivity index (χ3v) is 5.27. The highest BCUT2D eigenvalue weighted by Crippen LogP contribution is 2.25. The SMILES string of the molecule is [B]c1ccc2sc(NCc3ccc(C(=O)Nc4ccccc4N)cc3)nc2c1. The maximum atomic E-state index is 12.4. The van der Waals surface area contributed by atoms with Crippen LogP contribution in [0.2, 0.25) is 0 Å². The number of benzene rings is 3. The molecule has 1 amide bonds. The number of fused-ring (bicyclic) bond motifs is 1. The smallest absolute Gasteiger partial charge is 0.255 e. The van der Waals surface area contributed by atoms with Crippen molar-refractivity contribution in [3.05, 3.63) is 77.9 Å². The third kappa shape index (κ3) is 3.99. The van der Waals surface area contributed by atoms with Crippen molar-refractivity contribution in [3.8, 4) is 0 Å². The van der Waals surface area contributed by atoms with E-state index in [1.807, 2.05) is 42.5 Å². The Morgan fingerprint density at radius 2 is 1.86 bits per heavy atom. The van der Waals surface area contributed by atoms with E-state index in [0.29, 0.717) is 28.9 Å². The topological polar surface area (TPSA) is 80.0 Å². The van der Waals surface area contributed by atoms with Gasteiger partial charge in [-0.3, -0.25) is 4.79 Å². The highest BCUT2D eigenvalue weighted by molar-refractivity contribution is 7.22. The molecular formula is C21H17BN4OS. The molecule has 3 aromatic carbocycles. The van der Waals surface area contributed by atoms with E-state index in [4.69, 9.17) is 13.6 Å². The summed E-state index contributed by atoms with van der Waals surface area (Å²) in [4.78, 5) is 16.9. The van der Waals surface area contributed by atoms with Crippen LogP contribution in [0, 0.1) is 0 Å². The fourth-order valence-electron chi connectivity index (χ4n) is 2.78. The molecule has 1 heterocycles. The van der Waals surface area contributed by atoms with E-state index in [9.17, 15) is 4.79 Å². The zero-order valence-electron chi connectivity index (χ0n) is 15.0. The zero-order chi connectivity index (χ0) is 19.5. The number of para-hydroxylation sites is 2. The average molecular weight is 384 g/mol. The summed E-state index contributed by atoms with van der Waals surface area (Å²) in [6, 6.07) is 20.3. The van der Waals surface area contributed by atoms with Crippen molar-refractivity contribution < 1.29 is 4.79 Å². The van der Waals surface area contributed by atoms with E-state index in [1.54, 1.807) is 35.6 Å². The van der Waals surface area contributed by atoms with Crippen LogP contribution in [0.3, 0.4) is 0 Å². The number of amides is 1. The van der Waals surface area contributed by atoms with Crippen molar-refractivity contribution >= 4 is 57.3 Å². The molecule has 0 saturated heterocycles. The number of anilines is 3. The van der Waals surface area contributed by atoms with Gasteiger partial charge in [-0.2, -0.15) is 0 Å². The van der Waals surface area contributed by atoms with Crippen molar-refractivity contribution in [1.29, 1.82) is 0 Å². The van der Waals surface area contributed by atoms with Gasteiger partial charge in [0.2, 0.25) is 0 Å². The number of thiazole rings is 1. The molecule has 0 saturated carbocycles. The van der Waals surface area contributed by atoms with Gasteiger partial charge in [-0.1, -0.05) is 47.1 Å². The lowest BCUT2D eigenvalue weighted by atomic mass is 9.96. The molecule has 4 N–H and O–H groups in total. The number of nitrogens with two attached hydrogens (primary N) is 1. The normalized spacial score (nSPS) is 10.7. The molecule has 5 nitrogen and oxygen atoms in total. The van der Waals surface area contributed by atoms with Gasteiger partial charge in [-0.15, -0.1) is 0 Å². The Balaban J connectivity index is 1.40. The summed E-state index contributed by atoms with van der Waals surface area (Å²) in [5.41, 5.74) is 10.2. The quantitative estimate of drug-likeness (QED) is 0.363. The van der Waals surface area contributed by atoms with Crippen LogP contribution in [0.1, 0.15) is 15.9 Å². The molecule has 2 radical (unpaired) electrons. The van der Waals surface area contributed by atoms with Gasteiger partial charge in [-0.25, -0.2) is 4.98 Å². The van der Waals surface area contributed by atoms with Crippen LogP contribution in [0.4, 0.5) is 16.5 Å². The molecule has 0 aliphatic carbocycles. The monoisotopic (exact) mass is 384 g/mol. The molecular weight excluding hydrogens is 367 g/mol. The first kappa shape index (κ1) is 18.1. The van der Waals surface area contributed by atoms with Crippen molar-refractivity contribution in [2.45, 2.75) is 6.54 Å². The Morgan fingerprint density at radius 3 is 2.64 bits per heavy atom. The number of nitrogens with one attached hydrogen (secondary N) is 2. The molecule has 0 spiro atoms. The van der Waals surface area contributed by atoms with Crippen LogP contribution in [-0.2, 0) is 6.54 Å². The van der Waals surface area contributed by atoms with Crippen LogP contribution in [0.25, 0.3) is 10.2 Å². The molecule has 4 rings (SSSR count). The number of nitrogen functional groups attached to an aromatic ring is 1. The van der Waals surface area contributed by atoms with Gasteiger partial charge in [0.25, 0.3) is 5.91 Å². The number of hydrogen-bond acceptors (Lipinski definition) is 5. The highest BCUT2D eigenvalue weighted by Gasteiger charge is 2.08. The average Bonchev–Trinajstić information content (AvgIpc) is 3.10. The third-order valence-electron chi connectivity index (χ3n) is 4.28. The van der Waals surface area contributed by atoms with Gasteiger partial charge in [-0.05, 0) is 42.0 Å². The van der Waals surface area contributed by atoms with E-state index in [-0.39, 0.29) is 5.91 Å². The van der Waals surface area contributed by atoms with E-state index >= 15 is 0 Å². The van der Waals surface area contributed by atoms with Gasteiger partial charge in [0.1, 0.15) is 7.85 Å². The van der Waals surface area contributed by atoms with E-state index in [0.717, 1.165) is 20.9 Å². The molecule has 0 fully saturated rings. The van der Waals surface area contributed by atoms with Crippen LogP contribution in [0.15, 0.2) is 66.7 Å². The minimum atomic E-state index is -0.193. The molecule has 0 unspecified atom stereocenters. The van der Waals surface area contributed by atoms with Gasteiger partial charge in [0.05, 0.1) is 21.6 Å². The molecule has 136 valence electrons. The maximum Gasteiger partial charge on any atom is 0.255 e. The van der Waals surface area contributed by atoms with Gasteiger partial charge in [0.15, 0.2) is 5.13 Å². The molecule has 0 aliphatic rings. The van der Waals surface area contributed by atoms with Crippen LogP contribution < -0.4 is 21.8 Å². The summed E-state index contributed by atoms with van der Waals surface area (Å²) >= 11 is 1.58. The number of carbonyl (C=O) groups excluding carboxylic acids is 1. The van der Waals surface area contributed by atoms with Crippen molar-refractivity contribution in [1.82, 2.24) is 4.98 Å². The molecule has 4 aromatic rings. The van der Waals surface area contributed by atoms with Crippen molar-refractivity contribution in [2.24, 2.45) is 0 Å². The van der Waals surface area contributed by atoms with Gasteiger partial charge in [0, 0.05) is 12.1 Å². The minimum absolute atomic E-state index is 0.193. The first-order valence-electron chi connectivity index (χ1n) is 8.73. The van der Waals surface area contributed by atoms with Gasteiger partial charge >= 0.3 is 0 Å². The van der Waals surface area contributed by atoms with Crippen molar-refractivity contribution in [2.75, 3.05) is 16.4 Å². The van der Waals surface area contributed by atoms with Gasteiger partial charge < -0.3 is 16.4 Å². The lowest BCUT2D eigenvalue weighted by Crippen LogP contribution is -2.13. The fourth-order valence-corrected chi connectivity index (χ4v) is 3.62. The number of rotatable bonds is 5. The summed E-state index contributed by atoms with van der Waals surface area (Å²) in [6.07, 6.45) is 0. The lowest BCUT2D eigenvalue weighted by Gasteiger charge is -2.08. The maximum absolute atomic E-state index is 12.4. The molecule has 0 bridgehead atoms. The molecule has 0 atom stereocenters. The van der Waals surface area contributed by atoms with Crippen LogP contribution in [-0.4, -0.2) is 18.7 Å². The molecule has 0 aliphatic heterocycles. The second-order valence-electron chi connectivity index (χ2n) is 6.34. The van der Waals surface area contributed by atoms with E-state index < -0.39 is 0 Å². The van der Waals surface area contributed by atoms with Crippen LogP contribution >= 0.6 is 11.3 Å². The number of nitrogens with zero attached hydrogens (tertiary/aromatic N) is 1. The first-order chi connectivity index (χ1) is 13.6. The summed E-state index contributed by atoms with van der Waals surface area (Å²) in [5.74, 6) is -0.193. The summed E-state index contributed by atoms with van der Waals surface area (Å²) < 4.78 is 1.09. The first-order valence-corrected chi connectivity index (χ1v) is 9.55. The number of aromatic nitrogens is 1. The fraction of sp³-hybridized carbons (Fsp3) is 0.0476.